The first kappa shape index (κ1) is 13.8. The van der Waals surface area contributed by atoms with E-state index < -0.39 is 10.5 Å². The summed E-state index contributed by atoms with van der Waals surface area (Å²) in [6.07, 6.45) is 3.50. The Balaban J connectivity index is 2.20. The Morgan fingerprint density at radius 3 is 2.68 bits per heavy atom. The largest absolute Gasteiger partial charge is 0.388 e. The Bertz CT molecular complexity index is 478. The molecule has 1 aromatic rings. The van der Waals surface area contributed by atoms with Crippen LogP contribution in [0.2, 0.25) is 0 Å². The fraction of sp³-hybridized carbons (Fsp3) is 0.750. The maximum atomic E-state index is 11.1. The van der Waals surface area contributed by atoms with Gasteiger partial charge in [0, 0.05) is 13.1 Å². The molecule has 1 aliphatic rings. The summed E-state index contributed by atoms with van der Waals surface area (Å²) in [6.45, 7) is 4.39. The van der Waals surface area contributed by atoms with Crippen LogP contribution >= 0.6 is 0 Å². The summed E-state index contributed by atoms with van der Waals surface area (Å²) in [7, 11) is 0. The molecule has 0 saturated heterocycles. The SMILES string of the molecule is CCn1nc(C)c([N+](=O)[O-])c1NCC1(O)CCCC1. The minimum absolute atomic E-state index is 0.00319. The van der Waals surface area contributed by atoms with Crippen molar-refractivity contribution in [2.75, 3.05) is 11.9 Å². The number of aryl methyl sites for hydroxylation is 2. The lowest BCUT2D eigenvalue weighted by Crippen LogP contribution is -2.34. The molecule has 0 unspecified atom stereocenters. The molecule has 0 aliphatic heterocycles. The highest BCUT2D eigenvalue weighted by molar-refractivity contribution is 5.59. The fourth-order valence-corrected chi connectivity index (χ4v) is 2.65. The van der Waals surface area contributed by atoms with Gasteiger partial charge in [-0.1, -0.05) is 12.8 Å². The summed E-state index contributed by atoms with van der Waals surface area (Å²) in [4.78, 5) is 10.7. The van der Waals surface area contributed by atoms with Gasteiger partial charge in [0.1, 0.15) is 5.69 Å². The van der Waals surface area contributed by atoms with E-state index in [1.54, 1.807) is 11.6 Å². The lowest BCUT2D eigenvalue weighted by atomic mass is 10.0. The highest BCUT2D eigenvalue weighted by Gasteiger charge is 2.33. The zero-order valence-electron chi connectivity index (χ0n) is 11.3. The van der Waals surface area contributed by atoms with Crippen molar-refractivity contribution in [1.29, 1.82) is 0 Å². The Morgan fingerprint density at radius 1 is 1.53 bits per heavy atom. The van der Waals surface area contributed by atoms with Gasteiger partial charge < -0.3 is 10.4 Å². The molecule has 2 rings (SSSR count). The molecule has 106 valence electrons. The maximum absolute atomic E-state index is 11.1. The van der Waals surface area contributed by atoms with E-state index in [2.05, 4.69) is 10.4 Å². The molecular weight excluding hydrogens is 248 g/mol. The number of anilines is 1. The molecule has 7 nitrogen and oxygen atoms in total. The first-order valence-electron chi connectivity index (χ1n) is 6.65. The molecule has 2 N–H and O–H groups in total. The number of nitrogens with one attached hydrogen (secondary N) is 1. The van der Waals surface area contributed by atoms with Crippen molar-refractivity contribution in [3.63, 3.8) is 0 Å². The lowest BCUT2D eigenvalue weighted by molar-refractivity contribution is -0.384. The molecule has 0 aromatic carbocycles. The topological polar surface area (TPSA) is 93.2 Å². The van der Waals surface area contributed by atoms with Crippen molar-refractivity contribution in [3.8, 4) is 0 Å². The van der Waals surface area contributed by atoms with Crippen molar-refractivity contribution in [1.82, 2.24) is 9.78 Å². The molecule has 0 atom stereocenters. The molecule has 1 aromatic heterocycles. The third-order valence-corrected chi connectivity index (χ3v) is 3.70. The highest BCUT2D eigenvalue weighted by Crippen LogP contribution is 2.32. The van der Waals surface area contributed by atoms with Gasteiger partial charge in [0.15, 0.2) is 0 Å². The first-order valence-corrected chi connectivity index (χ1v) is 6.65. The van der Waals surface area contributed by atoms with Crippen molar-refractivity contribution >= 4 is 11.5 Å². The van der Waals surface area contributed by atoms with Gasteiger partial charge in [-0.15, -0.1) is 0 Å². The summed E-state index contributed by atoms with van der Waals surface area (Å²) in [6, 6.07) is 0. The van der Waals surface area contributed by atoms with Crippen LogP contribution < -0.4 is 5.32 Å². The minimum Gasteiger partial charge on any atom is -0.388 e. The van der Waals surface area contributed by atoms with Crippen LogP contribution in [-0.4, -0.2) is 32.0 Å². The third-order valence-electron chi connectivity index (χ3n) is 3.70. The van der Waals surface area contributed by atoms with Crippen LogP contribution in [0.3, 0.4) is 0 Å². The molecule has 0 bridgehead atoms. The number of hydrogen-bond acceptors (Lipinski definition) is 5. The summed E-state index contributed by atoms with van der Waals surface area (Å²) in [5.74, 6) is 0.394. The number of hydrogen-bond donors (Lipinski definition) is 2. The summed E-state index contributed by atoms with van der Waals surface area (Å²) >= 11 is 0. The van der Waals surface area contributed by atoms with Crippen molar-refractivity contribution in [2.24, 2.45) is 0 Å². The van der Waals surface area contributed by atoms with E-state index in [4.69, 9.17) is 0 Å². The summed E-state index contributed by atoms with van der Waals surface area (Å²) in [5, 5.41) is 28.6. The van der Waals surface area contributed by atoms with Gasteiger partial charge in [-0.2, -0.15) is 5.10 Å². The quantitative estimate of drug-likeness (QED) is 0.627. The Morgan fingerprint density at radius 2 is 2.16 bits per heavy atom. The monoisotopic (exact) mass is 268 g/mol. The van der Waals surface area contributed by atoms with Crippen LogP contribution in [-0.2, 0) is 6.54 Å². The molecule has 0 radical (unpaired) electrons. The highest BCUT2D eigenvalue weighted by atomic mass is 16.6. The second kappa shape index (κ2) is 5.16. The molecule has 1 fully saturated rings. The zero-order valence-corrected chi connectivity index (χ0v) is 11.3. The van der Waals surface area contributed by atoms with Crippen LogP contribution in [0.15, 0.2) is 0 Å². The van der Waals surface area contributed by atoms with Crippen LogP contribution in [0.4, 0.5) is 11.5 Å². The van der Waals surface area contributed by atoms with E-state index in [0.717, 1.165) is 25.7 Å². The number of rotatable bonds is 5. The van der Waals surface area contributed by atoms with E-state index in [0.29, 0.717) is 24.6 Å². The second-order valence-electron chi connectivity index (χ2n) is 5.14. The summed E-state index contributed by atoms with van der Waals surface area (Å²) < 4.78 is 1.58. The second-order valence-corrected chi connectivity index (χ2v) is 5.14. The Hall–Kier alpha value is -1.63. The predicted molar refractivity (Wildman–Crippen MR) is 71.2 cm³/mol. The maximum Gasteiger partial charge on any atom is 0.333 e. The van der Waals surface area contributed by atoms with Gasteiger partial charge >= 0.3 is 5.69 Å². The van der Waals surface area contributed by atoms with Gasteiger partial charge in [0.2, 0.25) is 5.82 Å². The first-order chi connectivity index (χ1) is 8.97. The van der Waals surface area contributed by atoms with E-state index in [9.17, 15) is 15.2 Å². The molecule has 0 amide bonds. The van der Waals surface area contributed by atoms with Crippen LogP contribution in [0.25, 0.3) is 0 Å². The van der Waals surface area contributed by atoms with Gasteiger partial charge in [0.25, 0.3) is 0 Å². The normalized spacial score (nSPS) is 17.6. The lowest BCUT2D eigenvalue weighted by Gasteiger charge is -2.22. The van der Waals surface area contributed by atoms with Gasteiger partial charge in [-0.3, -0.25) is 10.1 Å². The fourth-order valence-electron chi connectivity index (χ4n) is 2.65. The van der Waals surface area contributed by atoms with Crippen molar-refractivity contribution < 1.29 is 10.0 Å². The molecule has 1 heterocycles. The molecule has 19 heavy (non-hydrogen) atoms. The van der Waals surface area contributed by atoms with E-state index in [1.165, 1.54) is 0 Å². The van der Waals surface area contributed by atoms with Gasteiger partial charge in [-0.25, -0.2) is 4.68 Å². The zero-order chi connectivity index (χ0) is 14.0. The minimum atomic E-state index is -0.745. The van der Waals surface area contributed by atoms with E-state index in [1.807, 2.05) is 6.92 Å². The third kappa shape index (κ3) is 2.70. The average Bonchev–Trinajstić information content (AvgIpc) is 2.91. The number of nitro groups is 1. The number of aromatic nitrogens is 2. The Kier molecular flexibility index (Phi) is 3.75. The van der Waals surface area contributed by atoms with E-state index in [-0.39, 0.29) is 5.69 Å². The van der Waals surface area contributed by atoms with Crippen molar-refractivity contribution in [2.45, 2.75) is 51.7 Å². The molecule has 1 saturated carbocycles. The Labute approximate surface area is 111 Å². The molecule has 1 aliphatic carbocycles. The average molecular weight is 268 g/mol. The molecular formula is C12H20N4O3. The number of aliphatic hydroxyl groups is 1. The van der Waals surface area contributed by atoms with Crippen LogP contribution in [0.1, 0.15) is 38.3 Å². The summed E-state index contributed by atoms with van der Waals surface area (Å²) in [5.41, 5.74) is -0.346. The van der Waals surface area contributed by atoms with E-state index >= 15 is 0 Å². The van der Waals surface area contributed by atoms with Gasteiger partial charge in [-0.05, 0) is 26.7 Å². The molecule has 7 heteroatoms. The smallest absolute Gasteiger partial charge is 0.333 e. The van der Waals surface area contributed by atoms with Crippen LogP contribution in [0.5, 0.6) is 0 Å². The standard InChI is InChI=1S/C12H20N4O3/c1-3-15-11(10(16(18)19)9(2)14-15)13-8-12(17)6-4-5-7-12/h13,17H,3-8H2,1-2H3. The van der Waals surface area contributed by atoms with Crippen LogP contribution in [0, 0.1) is 17.0 Å². The molecule has 0 spiro atoms. The van der Waals surface area contributed by atoms with Gasteiger partial charge in [0.05, 0.1) is 10.5 Å². The number of nitrogens with zero attached hydrogens (tertiary/aromatic N) is 3. The predicted octanol–water partition coefficient (Wildman–Crippen LogP) is 1.84. The van der Waals surface area contributed by atoms with Crippen molar-refractivity contribution in [3.05, 3.63) is 15.8 Å².